The summed E-state index contributed by atoms with van der Waals surface area (Å²) in [4.78, 5) is -0.475. The van der Waals surface area contributed by atoms with Gasteiger partial charge in [0.25, 0.3) is 0 Å². The van der Waals surface area contributed by atoms with Crippen molar-refractivity contribution in [2.24, 2.45) is 0 Å². The van der Waals surface area contributed by atoms with Gasteiger partial charge in [0.15, 0.2) is 0 Å². The molecule has 0 spiro atoms. The average molecular weight is 384 g/mol. The van der Waals surface area contributed by atoms with E-state index < -0.39 is 26.7 Å². The summed E-state index contributed by atoms with van der Waals surface area (Å²) in [5.41, 5.74) is -0.587. The molecule has 0 saturated carbocycles. The first-order valence-corrected chi connectivity index (χ1v) is 8.44. The normalized spacial score (nSPS) is 12.4. The topological polar surface area (TPSA) is 46.2 Å². The van der Waals surface area contributed by atoms with Crippen molar-refractivity contribution in [3.8, 4) is 0 Å². The summed E-state index contributed by atoms with van der Waals surface area (Å²) >= 11 is 11.7. The van der Waals surface area contributed by atoms with Crippen molar-refractivity contribution in [1.82, 2.24) is 4.72 Å². The predicted molar refractivity (Wildman–Crippen MR) is 81.9 cm³/mol. The van der Waals surface area contributed by atoms with Gasteiger partial charge >= 0.3 is 6.18 Å². The highest BCUT2D eigenvalue weighted by Crippen LogP contribution is 2.30. The van der Waals surface area contributed by atoms with Gasteiger partial charge in [-0.2, -0.15) is 13.2 Å². The molecule has 0 atom stereocenters. The van der Waals surface area contributed by atoms with Gasteiger partial charge < -0.3 is 0 Å². The van der Waals surface area contributed by atoms with Crippen LogP contribution in [-0.2, 0) is 22.7 Å². The smallest absolute Gasteiger partial charge is 0.207 e. The number of hydrogen-bond acceptors (Lipinski definition) is 2. The van der Waals surface area contributed by atoms with Crippen LogP contribution in [0.15, 0.2) is 47.4 Å². The third-order valence-electron chi connectivity index (χ3n) is 2.94. The van der Waals surface area contributed by atoms with E-state index in [0.717, 1.165) is 18.2 Å². The minimum absolute atomic E-state index is 0.172. The Bertz CT molecular complexity index is 823. The number of halogens is 5. The van der Waals surface area contributed by atoms with Gasteiger partial charge in [-0.3, -0.25) is 0 Å². The van der Waals surface area contributed by atoms with Gasteiger partial charge in [-0.05, 0) is 35.9 Å². The first kappa shape index (κ1) is 18.1. The standard InChI is InChI=1S/C14H10Cl2F3NO2S/c15-11-5-4-9(13(16)7-11)8-20-23(21,22)12-3-1-2-10(6-12)14(17,18)19/h1-7,20H,8H2. The molecule has 0 fully saturated rings. The molecule has 0 saturated heterocycles. The summed E-state index contributed by atoms with van der Waals surface area (Å²) in [7, 11) is -4.11. The fourth-order valence-electron chi connectivity index (χ4n) is 1.76. The molecule has 2 aromatic rings. The molecule has 2 rings (SSSR count). The van der Waals surface area contributed by atoms with Gasteiger partial charge in [0, 0.05) is 16.6 Å². The van der Waals surface area contributed by atoms with E-state index in [1.165, 1.54) is 18.2 Å². The Morgan fingerprint density at radius 1 is 1.04 bits per heavy atom. The maximum atomic E-state index is 12.7. The van der Waals surface area contributed by atoms with Crippen LogP contribution in [0, 0.1) is 0 Å². The molecular formula is C14H10Cl2F3NO2S. The fourth-order valence-corrected chi connectivity index (χ4v) is 3.29. The van der Waals surface area contributed by atoms with Crippen LogP contribution in [0.3, 0.4) is 0 Å². The largest absolute Gasteiger partial charge is 0.416 e. The summed E-state index contributed by atoms with van der Waals surface area (Å²) in [5, 5.41) is 0.642. The number of sulfonamides is 1. The van der Waals surface area contributed by atoms with Crippen LogP contribution in [0.5, 0.6) is 0 Å². The van der Waals surface area contributed by atoms with E-state index in [9.17, 15) is 21.6 Å². The van der Waals surface area contributed by atoms with Crippen LogP contribution in [0.4, 0.5) is 13.2 Å². The Labute approximate surface area is 141 Å². The van der Waals surface area contributed by atoms with E-state index >= 15 is 0 Å². The summed E-state index contributed by atoms with van der Waals surface area (Å²) < 4.78 is 64.4. The van der Waals surface area contributed by atoms with Gasteiger partial charge in [-0.1, -0.05) is 35.3 Å². The number of benzene rings is 2. The molecule has 0 unspecified atom stereocenters. The molecule has 1 N–H and O–H groups in total. The van der Waals surface area contributed by atoms with Crippen LogP contribution < -0.4 is 4.72 Å². The Hall–Kier alpha value is -1.28. The van der Waals surface area contributed by atoms with E-state index in [0.29, 0.717) is 16.7 Å². The van der Waals surface area contributed by atoms with E-state index in [-0.39, 0.29) is 11.6 Å². The Balaban J connectivity index is 2.22. The minimum atomic E-state index is -4.62. The third kappa shape index (κ3) is 4.60. The van der Waals surface area contributed by atoms with Crippen molar-refractivity contribution in [2.45, 2.75) is 17.6 Å². The summed E-state index contributed by atoms with van der Waals surface area (Å²) in [6.45, 7) is -0.172. The molecule has 0 aliphatic carbocycles. The molecule has 124 valence electrons. The Morgan fingerprint density at radius 3 is 2.35 bits per heavy atom. The molecule has 9 heteroatoms. The lowest BCUT2D eigenvalue weighted by atomic mass is 10.2. The molecule has 0 radical (unpaired) electrons. The van der Waals surface area contributed by atoms with Gasteiger partial charge in [0.2, 0.25) is 10.0 Å². The van der Waals surface area contributed by atoms with E-state index in [4.69, 9.17) is 23.2 Å². The average Bonchev–Trinajstić information content (AvgIpc) is 2.45. The molecule has 0 bridgehead atoms. The van der Waals surface area contributed by atoms with Gasteiger partial charge in [-0.15, -0.1) is 0 Å². The quantitative estimate of drug-likeness (QED) is 0.845. The second-order valence-corrected chi connectivity index (χ2v) is 7.20. The zero-order chi connectivity index (χ0) is 17.3. The van der Waals surface area contributed by atoms with Crippen LogP contribution in [0.1, 0.15) is 11.1 Å². The first-order valence-electron chi connectivity index (χ1n) is 6.20. The Kier molecular flexibility index (Phi) is 5.25. The second-order valence-electron chi connectivity index (χ2n) is 4.59. The molecule has 0 aromatic heterocycles. The predicted octanol–water partition coefficient (Wildman–Crippen LogP) is 4.49. The molecule has 3 nitrogen and oxygen atoms in total. The number of hydrogen-bond donors (Lipinski definition) is 1. The molecule has 0 aliphatic heterocycles. The second kappa shape index (κ2) is 6.68. The van der Waals surface area contributed by atoms with Crippen molar-refractivity contribution in [2.75, 3.05) is 0 Å². The first-order chi connectivity index (χ1) is 10.6. The van der Waals surface area contributed by atoms with Crippen molar-refractivity contribution in [1.29, 1.82) is 0 Å². The highest BCUT2D eigenvalue weighted by atomic mass is 35.5. The zero-order valence-electron chi connectivity index (χ0n) is 11.4. The molecule has 0 amide bonds. The summed E-state index contributed by atoms with van der Waals surface area (Å²) in [6.07, 6.45) is -4.62. The zero-order valence-corrected chi connectivity index (χ0v) is 13.7. The van der Waals surface area contributed by atoms with Crippen LogP contribution in [-0.4, -0.2) is 8.42 Å². The number of nitrogens with one attached hydrogen (secondary N) is 1. The van der Waals surface area contributed by atoms with Crippen molar-refractivity contribution >= 4 is 33.2 Å². The number of alkyl halides is 3. The molecular weight excluding hydrogens is 374 g/mol. The lowest BCUT2D eigenvalue weighted by Gasteiger charge is -2.11. The monoisotopic (exact) mass is 383 g/mol. The molecule has 2 aromatic carbocycles. The van der Waals surface area contributed by atoms with Crippen LogP contribution in [0.2, 0.25) is 10.0 Å². The van der Waals surface area contributed by atoms with Crippen molar-refractivity contribution < 1.29 is 21.6 Å². The summed E-state index contributed by atoms with van der Waals surface area (Å²) in [5.74, 6) is 0. The highest BCUT2D eigenvalue weighted by molar-refractivity contribution is 7.89. The van der Waals surface area contributed by atoms with Gasteiger partial charge in [-0.25, -0.2) is 13.1 Å². The van der Waals surface area contributed by atoms with Crippen LogP contribution in [0.25, 0.3) is 0 Å². The van der Waals surface area contributed by atoms with Crippen molar-refractivity contribution in [3.63, 3.8) is 0 Å². The molecule has 0 aliphatic rings. The lowest BCUT2D eigenvalue weighted by Crippen LogP contribution is -2.23. The van der Waals surface area contributed by atoms with E-state index in [1.54, 1.807) is 0 Å². The SMILES string of the molecule is O=S(=O)(NCc1ccc(Cl)cc1Cl)c1cccc(C(F)(F)F)c1. The maximum absolute atomic E-state index is 12.7. The number of rotatable bonds is 4. The van der Waals surface area contributed by atoms with Gasteiger partial charge in [0.05, 0.1) is 10.5 Å². The highest BCUT2D eigenvalue weighted by Gasteiger charge is 2.31. The third-order valence-corrected chi connectivity index (χ3v) is 4.93. The summed E-state index contributed by atoms with van der Waals surface area (Å²) in [6, 6.07) is 7.99. The van der Waals surface area contributed by atoms with Crippen LogP contribution >= 0.6 is 23.2 Å². The van der Waals surface area contributed by atoms with Gasteiger partial charge in [0.1, 0.15) is 0 Å². The minimum Gasteiger partial charge on any atom is -0.207 e. The maximum Gasteiger partial charge on any atom is 0.416 e. The van der Waals surface area contributed by atoms with Crippen molar-refractivity contribution in [3.05, 3.63) is 63.6 Å². The fraction of sp³-hybridized carbons (Fsp3) is 0.143. The molecule has 23 heavy (non-hydrogen) atoms. The molecule has 0 heterocycles. The van der Waals surface area contributed by atoms with E-state index in [2.05, 4.69) is 4.72 Å². The Morgan fingerprint density at radius 2 is 1.74 bits per heavy atom. The lowest BCUT2D eigenvalue weighted by molar-refractivity contribution is -0.137. The van der Waals surface area contributed by atoms with E-state index in [1.807, 2.05) is 0 Å².